The summed E-state index contributed by atoms with van der Waals surface area (Å²) in [5.74, 6) is 0.373. The van der Waals surface area contributed by atoms with Gasteiger partial charge < -0.3 is 15.0 Å². The number of carbonyl (C=O) groups excluding carboxylic acids is 2. The monoisotopic (exact) mass is 489 g/mol. The molecule has 2 aliphatic heterocycles. The molecule has 5 atom stereocenters. The smallest absolute Gasteiger partial charge is 0.254 e. The molecule has 2 aromatic rings. The first-order valence-corrected chi connectivity index (χ1v) is 13.6. The molecule has 0 radical (unpaired) electrons. The highest BCUT2D eigenvalue weighted by Gasteiger charge is 2.47. The Hall–Kier alpha value is -2.70. The third-order valence-corrected chi connectivity index (χ3v) is 8.11. The lowest BCUT2D eigenvalue weighted by Crippen LogP contribution is -2.49. The molecule has 5 rings (SSSR count). The van der Waals surface area contributed by atoms with E-state index in [2.05, 4.69) is 42.3 Å². The molecule has 3 fully saturated rings. The average molecular weight is 490 g/mol. The van der Waals surface area contributed by atoms with Gasteiger partial charge in [-0.3, -0.25) is 14.5 Å². The predicted octanol–water partition coefficient (Wildman–Crippen LogP) is 4.39. The van der Waals surface area contributed by atoms with Gasteiger partial charge in [-0.2, -0.15) is 0 Å². The second kappa shape index (κ2) is 11.1. The van der Waals surface area contributed by atoms with Crippen molar-refractivity contribution in [1.29, 1.82) is 0 Å². The van der Waals surface area contributed by atoms with Gasteiger partial charge in [-0.25, -0.2) is 0 Å². The third-order valence-electron chi connectivity index (χ3n) is 8.11. The van der Waals surface area contributed by atoms with E-state index < -0.39 is 6.04 Å². The van der Waals surface area contributed by atoms with Crippen LogP contribution in [0.25, 0.3) is 0 Å². The first-order valence-electron chi connectivity index (χ1n) is 13.6. The van der Waals surface area contributed by atoms with Crippen molar-refractivity contribution in [3.63, 3.8) is 0 Å². The van der Waals surface area contributed by atoms with Gasteiger partial charge in [0.05, 0.1) is 12.2 Å². The highest BCUT2D eigenvalue weighted by atomic mass is 16.5. The van der Waals surface area contributed by atoms with Crippen molar-refractivity contribution in [2.75, 3.05) is 13.1 Å². The van der Waals surface area contributed by atoms with Crippen LogP contribution in [0.3, 0.4) is 0 Å². The molecule has 3 aliphatic rings. The quantitative estimate of drug-likeness (QED) is 0.654. The van der Waals surface area contributed by atoms with E-state index in [-0.39, 0.29) is 30.1 Å². The van der Waals surface area contributed by atoms with Gasteiger partial charge in [0, 0.05) is 37.8 Å². The number of amides is 2. The van der Waals surface area contributed by atoms with Gasteiger partial charge in [0.1, 0.15) is 6.04 Å². The maximum Gasteiger partial charge on any atom is 0.254 e. The number of likely N-dealkylation sites (tertiary alicyclic amines) is 1. The lowest BCUT2D eigenvalue weighted by atomic mass is 9.84. The Morgan fingerprint density at radius 3 is 2.33 bits per heavy atom. The van der Waals surface area contributed by atoms with Gasteiger partial charge in [-0.15, -0.1) is 0 Å². The summed E-state index contributed by atoms with van der Waals surface area (Å²) in [4.78, 5) is 31.5. The molecule has 6 heteroatoms. The van der Waals surface area contributed by atoms with Crippen LogP contribution >= 0.6 is 0 Å². The summed E-state index contributed by atoms with van der Waals surface area (Å²) in [6.45, 7) is 7.38. The van der Waals surface area contributed by atoms with Gasteiger partial charge in [-0.05, 0) is 62.3 Å². The molecular formula is C30H39N3O3. The normalized spacial score (nSPS) is 28.5. The van der Waals surface area contributed by atoms with Crippen molar-refractivity contribution in [2.24, 2.45) is 5.92 Å². The van der Waals surface area contributed by atoms with Gasteiger partial charge >= 0.3 is 0 Å². The number of benzene rings is 2. The molecule has 2 aromatic carbocycles. The fourth-order valence-corrected chi connectivity index (χ4v) is 6.55. The van der Waals surface area contributed by atoms with Crippen LogP contribution in [0.4, 0.5) is 0 Å². The summed E-state index contributed by atoms with van der Waals surface area (Å²) < 4.78 is 5.89. The van der Waals surface area contributed by atoms with E-state index in [0.29, 0.717) is 18.0 Å². The number of morpholine rings is 1. The summed E-state index contributed by atoms with van der Waals surface area (Å²) in [5, 5.41) is 3.21. The van der Waals surface area contributed by atoms with E-state index >= 15 is 0 Å². The number of nitrogens with one attached hydrogen (secondary N) is 1. The van der Waals surface area contributed by atoms with Crippen molar-refractivity contribution >= 4 is 11.8 Å². The van der Waals surface area contributed by atoms with Crippen molar-refractivity contribution in [3.05, 3.63) is 71.3 Å². The molecule has 1 saturated carbocycles. The van der Waals surface area contributed by atoms with Crippen LogP contribution in [0.5, 0.6) is 0 Å². The Morgan fingerprint density at radius 1 is 0.917 bits per heavy atom. The third kappa shape index (κ3) is 5.50. The first kappa shape index (κ1) is 25.0. The van der Waals surface area contributed by atoms with E-state index in [1.165, 1.54) is 12.0 Å². The van der Waals surface area contributed by atoms with E-state index in [0.717, 1.165) is 50.9 Å². The lowest BCUT2D eigenvalue weighted by Gasteiger charge is -2.35. The second-order valence-corrected chi connectivity index (χ2v) is 10.9. The largest absolute Gasteiger partial charge is 0.373 e. The Kier molecular flexibility index (Phi) is 7.73. The maximum absolute atomic E-state index is 13.6. The summed E-state index contributed by atoms with van der Waals surface area (Å²) >= 11 is 0. The van der Waals surface area contributed by atoms with E-state index in [1.54, 1.807) is 0 Å². The van der Waals surface area contributed by atoms with E-state index in [9.17, 15) is 9.59 Å². The molecule has 6 nitrogen and oxygen atoms in total. The zero-order valence-electron chi connectivity index (χ0n) is 21.6. The Balaban J connectivity index is 1.28. The number of nitrogens with zero attached hydrogens (tertiary/aromatic N) is 2. The number of rotatable bonds is 6. The van der Waals surface area contributed by atoms with Crippen LogP contribution in [0, 0.1) is 5.92 Å². The Morgan fingerprint density at radius 2 is 1.58 bits per heavy atom. The van der Waals surface area contributed by atoms with Crippen molar-refractivity contribution < 1.29 is 14.3 Å². The van der Waals surface area contributed by atoms with Crippen LogP contribution < -0.4 is 5.32 Å². The summed E-state index contributed by atoms with van der Waals surface area (Å²) in [7, 11) is 0. The van der Waals surface area contributed by atoms with Crippen LogP contribution in [-0.2, 0) is 22.6 Å². The average Bonchev–Trinajstić information content (AvgIpc) is 3.27. The topological polar surface area (TPSA) is 61.9 Å². The van der Waals surface area contributed by atoms with Crippen LogP contribution in [0.2, 0.25) is 0 Å². The van der Waals surface area contributed by atoms with E-state index in [4.69, 9.17) is 4.74 Å². The number of hydrogen-bond acceptors (Lipinski definition) is 4. The Bertz CT molecular complexity index is 1050. The van der Waals surface area contributed by atoms with Crippen molar-refractivity contribution in [3.8, 4) is 0 Å². The number of fused-ring (bicyclic) bond motifs is 1. The minimum atomic E-state index is -0.404. The maximum atomic E-state index is 13.6. The molecular weight excluding hydrogens is 450 g/mol. The van der Waals surface area contributed by atoms with E-state index in [1.807, 2.05) is 41.3 Å². The standard InChI is InChI=1S/C30H39N3O3/c1-21-18-32(19-22(2)36-21)20-26-14-7-6-13-25(26)17-31-29(34)28-16-24-12-8-9-15-27(24)33(28)30(35)23-10-4-3-5-11-23/h3-7,10-11,13-14,21-22,24,27-28H,8-9,12,15-20H2,1-2H3,(H,31,34). The Labute approximate surface area is 215 Å². The summed E-state index contributed by atoms with van der Waals surface area (Å²) in [6, 6.07) is 17.5. The zero-order valence-corrected chi connectivity index (χ0v) is 21.6. The predicted molar refractivity (Wildman–Crippen MR) is 140 cm³/mol. The fourth-order valence-electron chi connectivity index (χ4n) is 6.55. The SMILES string of the molecule is CC1CN(Cc2ccccc2CNC(=O)C2CC3CCCCC3N2C(=O)c2ccccc2)CC(C)O1. The molecule has 5 unspecified atom stereocenters. The van der Waals surface area contributed by atoms with Gasteiger partial charge in [0.25, 0.3) is 5.91 Å². The molecule has 0 spiro atoms. The molecule has 1 N–H and O–H groups in total. The highest BCUT2D eigenvalue weighted by Crippen LogP contribution is 2.40. The van der Waals surface area contributed by atoms with Gasteiger partial charge in [0.2, 0.25) is 5.91 Å². The molecule has 2 amide bonds. The van der Waals surface area contributed by atoms with Gasteiger partial charge in [0.15, 0.2) is 0 Å². The molecule has 1 aliphatic carbocycles. The zero-order chi connectivity index (χ0) is 25.1. The minimum absolute atomic E-state index is 0.0129. The molecule has 36 heavy (non-hydrogen) atoms. The molecule has 2 heterocycles. The van der Waals surface area contributed by atoms with Crippen LogP contribution in [-0.4, -0.2) is 59.0 Å². The second-order valence-electron chi connectivity index (χ2n) is 10.9. The molecule has 0 aromatic heterocycles. The number of carbonyl (C=O) groups is 2. The molecule has 0 bridgehead atoms. The summed E-state index contributed by atoms with van der Waals surface area (Å²) in [5.41, 5.74) is 3.03. The van der Waals surface area contributed by atoms with Gasteiger partial charge in [-0.1, -0.05) is 55.3 Å². The van der Waals surface area contributed by atoms with Crippen molar-refractivity contribution in [2.45, 2.75) is 83.3 Å². The minimum Gasteiger partial charge on any atom is -0.373 e. The van der Waals surface area contributed by atoms with Crippen LogP contribution in [0.15, 0.2) is 54.6 Å². The number of hydrogen-bond donors (Lipinski definition) is 1. The lowest BCUT2D eigenvalue weighted by molar-refractivity contribution is -0.125. The number of ether oxygens (including phenoxy) is 1. The highest BCUT2D eigenvalue weighted by molar-refractivity contribution is 5.98. The molecule has 2 saturated heterocycles. The molecule has 192 valence electrons. The van der Waals surface area contributed by atoms with Crippen LogP contribution in [0.1, 0.15) is 67.4 Å². The summed E-state index contributed by atoms with van der Waals surface area (Å²) in [6.07, 6.45) is 5.62. The van der Waals surface area contributed by atoms with Crippen molar-refractivity contribution in [1.82, 2.24) is 15.1 Å². The first-order chi connectivity index (χ1) is 17.5. The fraction of sp³-hybridized carbons (Fsp3) is 0.533.